The van der Waals surface area contributed by atoms with E-state index in [1.165, 1.54) is 0 Å². The number of hydrogen-bond donors (Lipinski definition) is 0. The fraction of sp³-hybridized carbons (Fsp3) is 1.00. The minimum Gasteiger partial charge on any atom is -0.269 e. The minimum absolute atomic E-state index is 0. The van der Waals surface area contributed by atoms with E-state index < -0.39 is 58.7 Å². The standard InChI is InChI=1S/C10F18.6FH.3S/c11-1-2(12,5(17,18)9(25,26)7(21,22)3(1,13)14)6(19,20)10(27,28)8(23,24)4(1,15)16;;;;;;;;;/h;6*1H;;;. The van der Waals surface area contributed by atoms with E-state index >= 15 is 0 Å². The summed E-state index contributed by atoms with van der Waals surface area (Å²) in [6.45, 7) is 0. The highest BCUT2D eigenvalue weighted by atomic mass is 32.1. The summed E-state index contributed by atoms with van der Waals surface area (Å²) in [6.07, 6.45) is 0. The molecular formula is C10H6F24S3. The third-order valence-corrected chi connectivity index (χ3v) is 4.57. The van der Waals surface area contributed by atoms with Gasteiger partial charge < -0.3 is 0 Å². The van der Waals surface area contributed by atoms with E-state index in [1.807, 2.05) is 0 Å². The highest BCUT2D eigenvalue weighted by molar-refractivity contribution is 7.59. The molecule has 0 saturated heterocycles. The molecule has 2 rings (SSSR count). The molecule has 0 nitrogen and oxygen atoms in total. The van der Waals surface area contributed by atoms with E-state index in [9.17, 15) is 79.0 Å². The highest BCUT2D eigenvalue weighted by Crippen LogP contribution is 2.81. The van der Waals surface area contributed by atoms with Crippen molar-refractivity contribution >= 4 is 40.5 Å². The number of fused-ring (bicyclic) bond motifs is 1. The predicted molar refractivity (Wildman–Crippen MR) is 85.0 cm³/mol. The van der Waals surface area contributed by atoms with Crippen LogP contribution in [0, 0.1) is 0 Å². The van der Waals surface area contributed by atoms with Crippen molar-refractivity contribution in [1.82, 2.24) is 0 Å². The quantitative estimate of drug-likeness (QED) is 0.226. The maximum Gasteiger partial charge on any atom is 0.382 e. The third kappa shape index (κ3) is 4.07. The number of hydrogen-bond acceptors (Lipinski definition) is 0. The third-order valence-electron chi connectivity index (χ3n) is 4.57. The second-order valence-electron chi connectivity index (χ2n) is 5.91. The fourth-order valence-corrected chi connectivity index (χ4v) is 2.91. The van der Waals surface area contributed by atoms with Crippen molar-refractivity contribution in [1.29, 1.82) is 0 Å². The topological polar surface area (TPSA) is 0 Å². The molecule has 0 unspecified atom stereocenters. The highest BCUT2D eigenvalue weighted by Gasteiger charge is 3.15. The zero-order chi connectivity index (χ0) is 23.0. The van der Waals surface area contributed by atoms with Gasteiger partial charge in [-0.25, -0.2) is 8.78 Å². The Kier molecular flexibility index (Phi) is 18.1. The van der Waals surface area contributed by atoms with E-state index in [0.717, 1.165) is 0 Å². The smallest absolute Gasteiger partial charge is 0.269 e. The van der Waals surface area contributed by atoms with Crippen LogP contribution in [0.5, 0.6) is 0 Å². The minimum atomic E-state index is -8.64. The molecule has 2 fully saturated rings. The van der Waals surface area contributed by atoms with Crippen molar-refractivity contribution in [2.45, 2.75) is 58.7 Å². The average Bonchev–Trinajstić information content (AvgIpc) is 2.49. The largest absolute Gasteiger partial charge is 0.382 e. The van der Waals surface area contributed by atoms with Crippen LogP contribution < -0.4 is 0 Å². The van der Waals surface area contributed by atoms with E-state index in [1.54, 1.807) is 0 Å². The lowest BCUT2D eigenvalue weighted by Crippen LogP contribution is -2.98. The first-order valence-corrected chi connectivity index (χ1v) is 6.15. The first kappa shape index (κ1) is 56.5. The molecule has 0 aliphatic heterocycles. The Hall–Kier alpha value is -0.630. The van der Waals surface area contributed by atoms with Crippen LogP contribution in [0.2, 0.25) is 0 Å². The molecule has 37 heavy (non-hydrogen) atoms. The zero-order valence-electron chi connectivity index (χ0n) is 15.5. The lowest BCUT2D eigenvalue weighted by molar-refractivity contribution is -0.560. The van der Waals surface area contributed by atoms with Crippen molar-refractivity contribution in [2.24, 2.45) is 0 Å². The van der Waals surface area contributed by atoms with Crippen molar-refractivity contribution in [3.05, 3.63) is 0 Å². The first-order chi connectivity index (χ1) is 11.8. The van der Waals surface area contributed by atoms with Gasteiger partial charge in [-0.2, -0.15) is 70.2 Å². The van der Waals surface area contributed by atoms with Crippen LogP contribution in [0.15, 0.2) is 0 Å². The molecule has 0 heterocycles. The summed E-state index contributed by atoms with van der Waals surface area (Å²) in [7, 11) is 0. The summed E-state index contributed by atoms with van der Waals surface area (Å²) in [5, 5.41) is 0. The predicted octanol–water partition coefficient (Wildman–Crippen LogP) is 8.37. The average molecular weight is 678 g/mol. The number of rotatable bonds is 0. The van der Waals surface area contributed by atoms with E-state index in [0.29, 0.717) is 0 Å². The molecular weight excluding hydrogens is 672 g/mol. The van der Waals surface area contributed by atoms with Crippen LogP contribution in [-0.4, -0.2) is 58.7 Å². The van der Waals surface area contributed by atoms with Crippen molar-refractivity contribution in [2.75, 3.05) is 0 Å². The second-order valence-corrected chi connectivity index (χ2v) is 5.91. The molecule has 0 N–H and O–H groups in total. The summed E-state index contributed by atoms with van der Waals surface area (Å²) in [6, 6.07) is 0. The number of alkyl halides is 18. The maximum atomic E-state index is 14.2. The van der Waals surface area contributed by atoms with Gasteiger partial charge in [-0.05, 0) is 0 Å². The Morgan fingerprint density at radius 2 is 0.270 bits per heavy atom. The molecule has 0 aromatic carbocycles. The first-order valence-electron chi connectivity index (χ1n) is 6.15. The normalized spacial score (nSPS) is 32.6. The molecule has 2 saturated carbocycles. The summed E-state index contributed by atoms with van der Waals surface area (Å²) in [5.41, 5.74) is -17.3. The van der Waals surface area contributed by atoms with Crippen LogP contribution in [0.3, 0.4) is 0 Å². The van der Waals surface area contributed by atoms with Gasteiger partial charge in [0.05, 0.1) is 0 Å². The summed E-state index contributed by atoms with van der Waals surface area (Å²) < 4.78 is 241. The molecule has 232 valence electrons. The zero-order valence-corrected chi connectivity index (χ0v) is 17.9. The van der Waals surface area contributed by atoms with Crippen molar-refractivity contribution < 1.29 is 107 Å². The van der Waals surface area contributed by atoms with Crippen LogP contribution in [-0.2, 0) is 0 Å². The van der Waals surface area contributed by atoms with Gasteiger partial charge in [0.25, 0.3) is 11.3 Å². The summed E-state index contributed by atoms with van der Waals surface area (Å²) in [4.78, 5) is 0. The van der Waals surface area contributed by atoms with E-state index in [4.69, 9.17) is 0 Å². The molecule has 0 spiro atoms. The molecule has 0 amide bonds. The lowest BCUT2D eigenvalue weighted by Gasteiger charge is -2.63. The van der Waals surface area contributed by atoms with Gasteiger partial charge in [0, 0.05) is 40.5 Å². The van der Waals surface area contributed by atoms with Gasteiger partial charge in [0.2, 0.25) is 0 Å². The fourth-order valence-electron chi connectivity index (χ4n) is 2.91. The maximum absolute atomic E-state index is 14.2. The molecule has 0 aromatic heterocycles. The molecule has 0 atom stereocenters. The van der Waals surface area contributed by atoms with Gasteiger partial charge in [0.1, 0.15) is 0 Å². The van der Waals surface area contributed by atoms with Crippen LogP contribution in [0.1, 0.15) is 0 Å². The Morgan fingerprint density at radius 3 is 0.351 bits per heavy atom. The molecule has 2 aliphatic carbocycles. The second kappa shape index (κ2) is 11.9. The Bertz CT molecular complexity index is 606. The van der Waals surface area contributed by atoms with Gasteiger partial charge in [-0.1, -0.05) is 0 Å². The molecule has 0 bridgehead atoms. The van der Waals surface area contributed by atoms with Gasteiger partial charge in [-0.3, -0.25) is 28.2 Å². The molecule has 0 aromatic rings. The Morgan fingerprint density at radius 1 is 0.189 bits per heavy atom. The summed E-state index contributed by atoms with van der Waals surface area (Å²) in [5.74, 6) is -66.8. The van der Waals surface area contributed by atoms with Crippen LogP contribution in [0.25, 0.3) is 0 Å². The van der Waals surface area contributed by atoms with Gasteiger partial charge in [0.15, 0.2) is 0 Å². The molecule has 27 heteroatoms. The Labute approximate surface area is 207 Å². The van der Waals surface area contributed by atoms with Gasteiger partial charge >= 0.3 is 47.4 Å². The van der Waals surface area contributed by atoms with Gasteiger partial charge in [-0.15, -0.1) is 0 Å². The lowest BCUT2D eigenvalue weighted by atomic mass is 9.54. The van der Waals surface area contributed by atoms with Crippen LogP contribution >= 0.6 is 40.5 Å². The van der Waals surface area contributed by atoms with Crippen molar-refractivity contribution in [3.63, 3.8) is 0 Å². The monoisotopic (exact) mass is 678 g/mol. The van der Waals surface area contributed by atoms with Crippen molar-refractivity contribution in [3.8, 4) is 0 Å². The number of halogens is 24. The SMILES string of the molecule is F.F.F.F.F.F.FC1(F)C(F)(F)C(F)(F)C2(F)C(F)(F)C(F)(F)C(F)(F)C(F)(F)C2(F)C1(F)F.[S].[S].[S]. The summed E-state index contributed by atoms with van der Waals surface area (Å²) >= 11 is 0. The van der Waals surface area contributed by atoms with E-state index in [-0.39, 0.29) is 68.7 Å². The molecule has 2 aliphatic rings. The van der Waals surface area contributed by atoms with Crippen LogP contribution in [0.4, 0.5) is 107 Å². The molecule has 6 radical (unpaired) electrons. The van der Waals surface area contributed by atoms with E-state index in [2.05, 4.69) is 0 Å². The Balaban J connectivity index is -0.000000156.